The maximum absolute atomic E-state index is 13.1. The van der Waals surface area contributed by atoms with Crippen molar-refractivity contribution in [2.24, 2.45) is 0 Å². The zero-order valence-corrected chi connectivity index (χ0v) is 12.5. The molecule has 26 heavy (non-hydrogen) atoms. The maximum atomic E-state index is 13.1. The Kier molecular flexibility index (Phi) is 3.27. The highest BCUT2D eigenvalue weighted by molar-refractivity contribution is 5.96. The van der Waals surface area contributed by atoms with Crippen molar-refractivity contribution < 1.29 is 26.3 Å². The number of aromatic nitrogens is 5. The van der Waals surface area contributed by atoms with Crippen molar-refractivity contribution in [3.8, 4) is 11.1 Å². The molecule has 0 saturated carbocycles. The Morgan fingerprint density at radius 2 is 1.62 bits per heavy atom. The van der Waals surface area contributed by atoms with Crippen LogP contribution in [0.5, 0.6) is 0 Å². The lowest BCUT2D eigenvalue weighted by atomic mass is 10.00. The third kappa shape index (κ3) is 2.65. The summed E-state index contributed by atoms with van der Waals surface area (Å²) in [6.45, 7) is 0. The zero-order chi connectivity index (χ0) is 18.7. The highest BCUT2D eigenvalue weighted by Gasteiger charge is 2.35. The molecule has 4 rings (SSSR count). The van der Waals surface area contributed by atoms with Crippen molar-refractivity contribution in [2.75, 3.05) is 0 Å². The number of rotatable bonds is 1. The van der Waals surface area contributed by atoms with Gasteiger partial charge in [-0.05, 0) is 23.8 Å². The van der Waals surface area contributed by atoms with Crippen LogP contribution in [0.2, 0.25) is 0 Å². The number of imidazole rings is 1. The van der Waals surface area contributed by atoms with Crippen LogP contribution in [0.1, 0.15) is 11.4 Å². The highest BCUT2D eigenvalue weighted by atomic mass is 19.4. The fourth-order valence-corrected chi connectivity index (χ4v) is 2.64. The topological polar surface area (TPSA) is 70.2 Å². The Morgan fingerprint density at radius 3 is 2.31 bits per heavy atom. The van der Waals surface area contributed by atoms with Crippen LogP contribution in [0.4, 0.5) is 26.3 Å². The first kappa shape index (κ1) is 16.4. The molecule has 134 valence electrons. The molecule has 0 fully saturated rings. The van der Waals surface area contributed by atoms with Gasteiger partial charge in [0.1, 0.15) is 0 Å². The Morgan fingerprint density at radius 1 is 0.846 bits per heavy atom. The van der Waals surface area contributed by atoms with Gasteiger partial charge in [-0.25, -0.2) is 9.97 Å². The average molecular weight is 371 g/mol. The van der Waals surface area contributed by atoms with E-state index in [2.05, 4.69) is 25.1 Å². The number of aromatic amines is 2. The Labute approximate surface area is 140 Å². The molecule has 3 aromatic heterocycles. The van der Waals surface area contributed by atoms with Crippen LogP contribution in [0, 0.1) is 0 Å². The summed E-state index contributed by atoms with van der Waals surface area (Å²) >= 11 is 0. The third-order valence-electron chi connectivity index (χ3n) is 3.80. The standard InChI is InChI=1S/C15H7F6N5/c16-14(17,18)7-2-8(9-5-23-26-10(9)3-7)6-1-11-12(22-4-6)25-13(24-11)15(19,20)21/h1-5H,(H,23,26)(H,22,24,25). The van der Waals surface area contributed by atoms with E-state index in [1.807, 2.05) is 0 Å². The van der Waals surface area contributed by atoms with E-state index in [0.717, 1.165) is 12.1 Å². The molecule has 0 atom stereocenters. The SMILES string of the molecule is FC(F)(F)c1cc(-c2cnc3nc(C(F)(F)F)[nH]c3c2)c2cn[nH]c2c1. The molecule has 3 heterocycles. The van der Waals surface area contributed by atoms with E-state index in [1.165, 1.54) is 18.5 Å². The summed E-state index contributed by atoms with van der Waals surface area (Å²) in [5.41, 5.74) is -0.644. The van der Waals surface area contributed by atoms with Gasteiger partial charge in [0.15, 0.2) is 5.65 Å². The average Bonchev–Trinajstić information content (AvgIpc) is 3.18. The molecule has 0 amide bonds. The minimum atomic E-state index is -4.69. The van der Waals surface area contributed by atoms with Crippen LogP contribution < -0.4 is 0 Å². The molecule has 0 unspecified atom stereocenters. The van der Waals surface area contributed by atoms with Gasteiger partial charge >= 0.3 is 12.4 Å². The van der Waals surface area contributed by atoms with Crippen LogP contribution in [0.25, 0.3) is 33.2 Å². The van der Waals surface area contributed by atoms with E-state index in [1.54, 1.807) is 0 Å². The summed E-state index contributed by atoms with van der Waals surface area (Å²) < 4.78 is 77.6. The minimum absolute atomic E-state index is 0.0381. The Bertz CT molecular complexity index is 1120. The molecule has 0 radical (unpaired) electrons. The largest absolute Gasteiger partial charge is 0.449 e. The lowest BCUT2D eigenvalue weighted by molar-refractivity contribution is -0.144. The van der Waals surface area contributed by atoms with Crippen molar-refractivity contribution in [3.63, 3.8) is 0 Å². The number of benzene rings is 1. The van der Waals surface area contributed by atoms with Crippen molar-refractivity contribution >= 4 is 22.1 Å². The molecule has 5 nitrogen and oxygen atoms in total. The first-order valence-electron chi connectivity index (χ1n) is 7.10. The molecule has 0 aliphatic rings. The number of alkyl halides is 6. The van der Waals surface area contributed by atoms with Crippen LogP contribution in [-0.4, -0.2) is 25.1 Å². The summed E-state index contributed by atoms with van der Waals surface area (Å²) in [6.07, 6.45) is -6.77. The fraction of sp³-hybridized carbons (Fsp3) is 0.133. The number of nitrogens with one attached hydrogen (secondary N) is 2. The monoisotopic (exact) mass is 371 g/mol. The summed E-state index contributed by atoms with van der Waals surface area (Å²) in [7, 11) is 0. The van der Waals surface area contributed by atoms with E-state index in [-0.39, 0.29) is 27.8 Å². The lowest BCUT2D eigenvalue weighted by Crippen LogP contribution is -2.06. The van der Waals surface area contributed by atoms with Crippen LogP contribution in [0.3, 0.4) is 0 Å². The summed E-state index contributed by atoms with van der Waals surface area (Å²) in [5.74, 6) is -1.23. The fourth-order valence-electron chi connectivity index (χ4n) is 2.64. The third-order valence-corrected chi connectivity index (χ3v) is 3.80. The second kappa shape index (κ2) is 5.19. The van der Waals surface area contributed by atoms with Gasteiger partial charge in [-0.3, -0.25) is 5.10 Å². The van der Waals surface area contributed by atoms with E-state index in [4.69, 9.17) is 0 Å². The predicted molar refractivity (Wildman–Crippen MR) is 79.0 cm³/mol. The van der Waals surface area contributed by atoms with E-state index >= 15 is 0 Å². The Hall–Kier alpha value is -3.11. The van der Waals surface area contributed by atoms with Crippen LogP contribution in [0.15, 0.2) is 30.6 Å². The first-order valence-corrected chi connectivity index (χ1v) is 7.10. The van der Waals surface area contributed by atoms with Gasteiger partial charge in [0.05, 0.1) is 22.8 Å². The predicted octanol–water partition coefficient (Wildman–Crippen LogP) is 4.54. The van der Waals surface area contributed by atoms with E-state index in [0.29, 0.717) is 5.39 Å². The zero-order valence-electron chi connectivity index (χ0n) is 12.5. The molecule has 0 aliphatic heterocycles. The quantitative estimate of drug-likeness (QED) is 0.483. The molecular weight excluding hydrogens is 364 g/mol. The lowest BCUT2D eigenvalue weighted by Gasteiger charge is -2.10. The molecule has 2 N–H and O–H groups in total. The number of hydrogen-bond donors (Lipinski definition) is 2. The van der Waals surface area contributed by atoms with E-state index in [9.17, 15) is 26.3 Å². The summed E-state index contributed by atoms with van der Waals surface area (Å²) in [6, 6.07) is 3.09. The van der Waals surface area contributed by atoms with Gasteiger partial charge in [0, 0.05) is 17.1 Å². The number of halogens is 6. The number of nitrogens with zero attached hydrogens (tertiary/aromatic N) is 3. The normalized spacial score (nSPS) is 13.0. The van der Waals surface area contributed by atoms with Crippen molar-refractivity contribution in [1.82, 2.24) is 25.1 Å². The maximum Gasteiger partial charge on any atom is 0.449 e. The molecule has 0 spiro atoms. The number of pyridine rings is 1. The van der Waals surface area contributed by atoms with E-state index < -0.39 is 23.7 Å². The Balaban J connectivity index is 1.93. The smallest absolute Gasteiger partial charge is 0.333 e. The van der Waals surface area contributed by atoms with Crippen molar-refractivity contribution in [1.29, 1.82) is 0 Å². The molecule has 0 aliphatic carbocycles. The molecule has 0 saturated heterocycles. The minimum Gasteiger partial charge on any atom is -0.333 e. The van der Waals surface area contributed by atoms with Crippen molar-refractivity contribution in [3.05, 3.63) is 42.0 Å². The number of H-pyrrole nitrogens is 2. The van der Waals surface area contributed by atoms with Gasteiger partial charge in [-0.2, -0.15) is 31.4 Å². The highest BCUT2D eigenvalue weighted by Crippen LogP contribution is 2.37. The van der Waals surface area contributed by atoms with Crippen molar-refractivity contribution in [2.45, 2.75) is 12.4 Å². The van der Waals surface area contributed by atoms with Gasteiger partial charge < -0.3 is 4.98 Å². The van der Waals surface area contributed by atoms with Crippen LogP contribution >= 0.6 is 0 Å². The molecule has 1 aromatic carbocycles. The van der Waals surface area contributed by atoms with Gasteiger partial charge in [0.25, 0.3) is 0 Å². The van der Waals surface area contributed by atoms with Gasteiger partial charge in [-0.15, -0.1) is 0 Å². The molecule has 11 heteroatoms. The first-order chi connectivity index (χ1) is 12.1. The molecular formula is C15H7F6N5. The van der Waals surface area contributed by atoms with Gasteiger partial charge in [-0.1, -0.05) is 0 Å². The number of fused-ring (bicyclic) bond motifs is 2. The summed E-state index contributed by atoms with van der Waals surface area (Å²) in [5, 5.41) is 6.58. The summed E-state index contributed by atoms with van der Waals surface area (Å²) in [4.78, 5) is 9.25. The molecule has 0 bridgehead atoms. The molecule has 4 aromatic rings. The number of hydrogen-bond acceptors (Lipinski definition) is 3. The second-order valence-electron chi connectivity index (χ2n) is 5.53. The second-order valence-corrected chi connectivity index (χ2v) is 5.53. The van der Waals surface area contributed by atoms with Gasteiger partial charge in [0.2, 0.25) is 5.82 Å². The van der Waals surface area contributed by atoms with Crippen LogP contribution in [-0.2, 0) is 12.4 Å².